The lowest BCUT2D eigenvalue weighted by molar-refractivity contribution is -0.120. The van der Waals surface area contributed by atoms with Gasteiger partial charge in [-0.3, -0.25) is 4.79 Å². The number of hydrogen-bond donors (Lipinski definition) is 1. The summed E-state index contributed by atoms with van der Waals surface area (Å²) in [6, 6.07) is 3.73. The van der Waals surface area contributed by atoms with Gasteiger partial charge in [0.05, 0.1) is 23.9 Å². The monoisotopic (exact) mass is 406 g/mol. The van der Waals surface area contributed by atoms with Crippen LogP contribution in [0.5, 0.6) is 11.5 Å². The van der Waals surface area contributed by atoms with E-state index in [4.69, 9.17) is 14.2 Å². The molecule has 0 saturated heterocycles. The van der Waals surface area contributed by atoms with E-state index in [9.17, 15) is 9.90 Å². The molecular formula is C24H38O5. The summed E-state index contributed by atoms with van der Waals surface area (Å²) in [6.45, 7) is 12.5. The van der Waals surface area contributed by atoms with E-state index in [0.29, 0.717) is 25.2 Å². The van der Waals surface area contributed by atoms with Gasteiger partial charge in [-0.1, -0.05) is 0 Å². The maximum absolute atomic E-state index is 12.0. The second kappa shape index (κ2) is 9.48. The van der Waals surface area contributed by atoms with Gasteiger partial charge in [0, 0.05) is 25.5 Å². The molecule has 0 radical (unpaired) electrons. The zero-order chi connectivity index (χ0) is 21.8. The number of ketones is 1. The van der Waals surface area contributed by atoms with Crippen molar-refractivity contribution in [2.45, 2.75) is 96.9 Å². The van der Waals surface area contributed by atoms with Gasteiger partial charge in [0.1, 0.15) is 17.3 Å². The summed E-state index contributed by atoms with van der Waals surface area (Å²) in [5.74, 6) is 1.10. The number of hydrogen-bond acceptors (Lipinski definition) is 5. The predicted octanol–water partition coefficient (Wildman–Crippen LogP) is 5.47. The Morgan fingerprint density at radius 2 is 1.90 bits per heavy atom. The summed E-state index contributed by atoms with van der Waals surface area (Å²) in [5, 5.41) is 10.9. The fourth-order valence-corrected chi connectivity index (χ4v) is 3.73. The second-order valence-electron chi connectivity index (χ2n) is 9.48. The number of benzene rings is 1. The average Bonchev–Trinajstić information content (AvgIpc) is 2.60. The lowest BCUT2D eigenvalue weighted by atomic mass is 9.81. The fourth-order valence-electron chi connectivity index (χ4n) is 3.73. The maximum atomic E-state index is 12.0. The average molecular weight is 407 g/mol. The molecule has 0 heterocycles. The summed E-state index contributed by atoms with van der Waals surface area (Å²) in [6.07, 6.45) is 3.57. The Balaban J connectivity index is 2.30. The zero-order valence-electron chi connectivity index (χ0n) is 19.1. The van der Waals surface area contributed by atoms with Crippen LogP contribution in [0.4, 0.5) is 0 Å². The molecule has 0 spiro atoms. The number of phenolic OH excluding ortho intramolecular Hbond substituents is 1. The summed E-state index contributed by atoms with van der Waals surface area (Å²) in [4.78, 5) is 12.0. The summed E-state index contributed by atoms with van der Waals surface area (Å²) >= 11 is 0. The predicted molar refractivity (Wildman–Crippen MR) is 115 cm³/mol. The first-order valence-corrected chi connectivity index (χ1v) is 10.7. The number of aromatic hydroxyl groups is 1. The van der Waals surface area contributed by atoms with Crippen LogP contribution in [0.3, 0.4) is 0 Å². The van der Waals surface area contributed by atoms with Crippen LogP contribution in [-0.4, -0.2) is 36.3 Å². The molecule has 0 bridgehead atoms. The lowest BCUT2D eigenvalue weighted by Crippen LogP contribution is -2.29. The van der Waals surface area contributed by atoms with E-state index in [1.807, 2.05) is 47.6 Å². The SMILES string of the molecule is COC(C)(C)CCOC(C)(C)c1cc(O)c(C2CCCC(=O)C2)c(OC(C)C)c1. The third-order valence-electron chi connectivity index (χ3n) is 5.79. The molecule has 29 heavy (non-hydrogen) atoms. The number of carbonyl (C=O) groups is 1. The van der Waals surface area contributed by atoms with Crippen LogP contribution in [0.25, 0.3) is 0 Å². The molecule has 5 nitrogen and oxygen atoms in total. The first-order chi connectivity index (χ1) is 13.4. The van der Waals surface area contributed by atoms with E-state index in [-0.39, 0.29) is 29.2 Å². The third-order valence-corrected chi connectivity index (χ3v) is 5.79. The van der Waals surface area contributed by atoms with Gasteiger partial charge in [-0.25, -0.2) is 0 Å². The molecule has 1 N–H and O–H groups in total. The van der Waals surface area contributed by atoms with E-state index in [2.05, 4.69) is 0 Å². The number of Topliss-reactive ketones (excluding diaryl/α,β-unsaturated/α-hetero) is 1. The number of phenols is 1. The number of carbonyl (C=O) groups excluding carboxylic acids is 1. The van der Waals surface area contributed by atoms with E-state index in [1.54, 1.807) is 13.2 Å². The van der Waals surface area contributed by atoms with Crippen LogP contribution in [0.2, 0.25) is 0 Å². The Bertz CT molecular complexity index is 705. The molecule has 1 aliphatic carbocycles. The van der Waals surface area contributed by atoms with E-state index in [0.717, 1.165) is 30.4 Å². The van der Waals surface area contributed by atoms with Crippen molar-refractivity contribution in [3.63, 3.8) is 0 Å². The molecule has 2 rings (SSSR count). The number of ether oxygens (including phenoxy) is 3. The largest absolute Gasteiger partial charge is 0.508 e. The number of rotatable bonds is 9. The summed E-state index contributed by atoms with van der Waals surface area (Å²) in [5.41, 5.74) is 0.761. The van der Waals surface area contributed by atoms with Gasteiger partial charge in [0.15, 0.2) is 0 Å². The van der Waals surface area contributed by atoms with Crippen LogP contribution in [0.15, 0.2) is 12.1 Å². The van der Waals surface area contributed by atoms with Crippen LogP contribution in [0, 0.1) is 0 Å². The van der Waals surface area contributed by atoms with Gasteiger partial charge in [-0.15, -0.1) is 0 Å². The Morgan fingerprint density at radius 1 is 1.21 bits per heavy atom. The third kappa shape index (κ3) is 6.45. The Hall–Kier alpha value is -1.59. The summed E-state index contributed by atoms with van der Waals surface area (Å²) < 4.78 is 17.7. The van der Waals surface area contributed by atoms with Crippen molar-refractivity contribution in [2.24, 2.45) is 0 Å². The highest BCUT2D eigenvalue weighted by atomic mass is 16.5. The minimum atomic E-state index is -0.600. The van der Waals surface area contributed by atoms with Gasteiger partial charge >= 0.3 is 0 Å². The van der Waals surface area contributed by atoms with Crippen LogP contribution in [0.1, 0.15) is 90.7 Å². The topological polar surface area (TPSA) is 65.0 Å². The van der Waals surface area contributed by atoms with Crippen molar-refractivity contribution in [1.82, 2.24) is 0 Å². The normalized spacial score (nSPS) is 18.3. The van der Waals surface area contributed by atoms with E-state index >= 15 is 0 Å². The van der Waals surface area contributed by atoms with Gasteiger partial charge in [0.2, 0.25) is 0 Å². The minimum absolute atomic E-state index is 0.00517. The standard InChI is InChI=1S/C24H38O5/c1-16(2)29-21-15-18(24(5,6)28-12-11-23(3,4)27-7)14-20(26)22(21)17-9-8-10-19(25)13-17/h14-17,26H,8-13H2,1-7H3. The molecule has 164 valence electrons. The Labute approximate surface area is 175 Å². The highest BCUT2D eigenvalue weighted by Crippen LogP contribution is 2.44. The second-order valence-corrected chi connectivity index (χ2v) is 9.48. The Kier molecular flexibility index (Phi) is 7.74. The highest BCUT2D eigenvalue weighted by molar-refractivity contribution is 5.80. The van der Waals surface area contributed by atoms with Crippen LogP contribution < -0.4 is 4.74 Å². The quantitative estimate of drug-likeness (QED) is 0.589. The lowest BCUT2D eigenvalue weighted by Gasteiger charge is -2.31. The van der Waals surface area contributed by atoms with Gasteiger partial charge in [0.25, 0.3) is 0 Å². The van der Waals surface area contributed by atoms with Gasteiger partial charge < -0.3 is 19.3 Å². The molecule has 1 fully saturated rings. The van der Waals surface area contributed by atoms with Crippen molar-refractivity contribution >= 4 is 5.78 Å². The van der Waals surface area contributed by atoms with Crippen molar-refractivity contribution in [3.8, 4) is 11.5 Å². The molecule has 1 aromatic rings. The number of methoxy groups -OCH3 is 1. The molecule has 1 aliphatic rings. The van der Waals surface area contributed by atoms with Crippen molar-refractivity contribution in [1.29, 1.82) is 0 Å². The van der Waals surface area contributed by atoms with Crippen molar-refractivity contribution < 1.29 is 24.1 Å². The Morgan fingerprint density at radius 3 is 2.48 bits per heavy atom. The smallest absolute Gasteiger partial charge is 0.133 e. The maximum Gasteiger partial charge on any atom is 0.133 e. The molecule has 1 saturated carbocycles. The molecule has 1 unspecified atom stereocenters. The zero-order valence-corrected chi connectivity index (χ0v) is 19.1. The highest BCUT2D eigenvalue weighted by Gasteiger charge is 2.31. The minimum Gasteiger partial charge on any atom is -0.508 e. The first kappa shape index (κ1) is 23.7. The molecule has 0 aliphatic heterocycles. The van der Waals surface area contributed by atoms with E-state index < -0.39 is 5.60 Å². The summed E-state index contributed by atoms with van der Waals surface area (Å²) in [7, 11) is 1.70. The fraction of sp³-hybridized carbons (Fsp3) is 0.708. The first-order valence-electron chi connectivity index (χ1n) is 10.7. The molecular weight excluding hydrogens is 368 g/mol. The molecule has 1 aromatic carbocycles. The van der Waals surface area contributed by atoms with Crippen molar-refractivity contribution in [3.05, 3.63) is 23.3 Å². The van der Waals surface area contributed by atoms with Crippen LogP contribution >= 0.6 is 0 Å². The van der Waals surface area contributed by atoms with Gasteiger partial charge in [-0.2, -0.15) is 0 Å². The molecule has 0 amide bonds. The van der Waals surface area contributed by atoms with E-state index in [1.165, 1.54) is 0 Å². The van der Waals surface area contributed by atoms with Gasteiger partial charge in [-0.05, 0) is 84.4 Å². The molecule has 5 heteroatoms. The van der Waals surface area contributed by atoms with Crippen LogP contribution in [-0.2, 0) is 19.9 Å². The van der Waals surface area contributed by atoms with Crippen molar-refractivity contribution in [2.75, 3.05) is 13.7 Å². The molecule has 0 aromatic heterocycles. The molecule has 1 atom stereocenters.